The van der Waals surface area contributed by atoms with E-state index in [1.165, 1.54) is 11.3 Å². The fourth-order valence-corrected chi connectivity index (χ4v) is 5.10. The van der Waals surface area contributed by atoms with Gasteiger partial charge in [0, 0.05) is 31.9 Å². The van der Waals surface area contributed by atoms with Crippen LogP contribution < -0.4 is 5.32 Å². The van der Waals surface area contributed by atoms with E-state index in [9.17, 15) is 9.59 Å². The van der Waals surface area contributed by atoms with Gasteiger partial charge in [0.25, 0.3) is 5.91 Å². The molecule has 1 N–H and O–H groups in total. The van der Waals surface area contributed by atoms with Gasteiger partial charge in [-0.05, 0) is 30.5 Å². The minimum absolute atomic E-state index is 0.103. The van der Waals surface area contributed by atoms with Crippen LogP contribution in [-0.4, -0.2) is 21.8 Å². The predicted octanol–water partition coefficient (Wildman–Crippen LogP) is 5.15. The van der Waals surface area contributed by atoms with Crippen molar-refractivity contribution >= 4 is 57.8 Å². The molecule has 1 aliphatic heterocycles. The molecular weight excluding hydrogens is 425 g/mol. The molecule has 4 rings (SSSR count). The fraction of sp³-hybridized carbons (Fsp3) is 0.167. The molecule has 138 valence electrons. The summed E-state index contributed by atoms with van der Waals surface area (Å²) < 4.78 is 0. The topological polar surface area (TPSA) is 62.3 Å². The van der Waals surface area contributed by atoms with Crippen LogP contribution in [0.3, 0.4) is 0 Å². The second-order valence-electron chi connectivity index (χ2n) is 6.23. The molecule has 1 fully saturated rings. The highest BCUT2D eigenvalue weighted by Crippen LogP contribution is 2.36. The van der Waals surface area contributed by atoms with Gasteiger partial charge in [-0.2, -0.15) is 11.3 Å². The quantitative estimate of drug-likeness (QED) is 0.574. The number of urea groups is 1. The summed E-state index contributed by atoms with van der Waals surface area (Å²) in [7, 11) is 0. The van der Waals surface area contributed by atoms with Gasteiger partial charge in [0.2, 0.25) is 0 Å². The van der Waals surface area contributed by atoms with Crippen molar-refractivity contribution in [3.05, 3.63) is 61.7 Å². The number of hydrogen-bond acceptors (Lipinski definition) is 5. The lowest BCUT2D eigenvalue weighted by molar-refractivity contribution is -0.131. The summed E-state index contributed by atoms with van der Waals surface area (Å²) in [4.78, 5) is 31.2. The molecule has 1 unspecified atom stereocenters. The Morgan fingerprint density at radius 3 is 2.74 bits per heavy atom. The van der Waals surface area contributed by atoms with E-state index >= 15 is 0 Å². The summed E-state index contributed by atoms with van der Waals surface area (Å²) in [5, 5.41) is 10.3. The number of thiazole rings is 1. The van der Waals surface area contributed by atoms with E-state index in [0.29, 0.717) is 21.3 Å². The molecule has 1 aromatic carbocycles. The highest BCUT2D eigenvalue weighted by atomic mass is 35.5. The van der Waals surface area contributed by atoms with Crippen LogP contribution in [-0.2, 0) is 16.9 Å². The molecule has 27 heavy (non-hydrogen) atoms. The highest BCUT2D eigenvalue weighted by Gasteiger charge is 2.50. The zero-order valence-electron chi connectivity index (χ0n) is 14.0. The maximum atomic E-state index is 13.0. The number of carbonyl (C=O) groups excluding carboxylic acids is 2. The zero-order chi connectivity index (χ0) is 19.2. The van der Waals surface area contributed by atoms with Crippen molar-refractivity contribution in [3.63, 3.8) is 0 Å². The van der Waals surface area contributed by atoms with Crippen LogP contribution in [0.2, 0.25) is 10.0 Å². The Morgan fingerprint density at radius 1 is 1.22 bits per heavy atom. The number of nitrogens with zero attached hydrogens (tertiary/aromatic N) is 2. The van der Waals surface area contributed by atoms with Gasteiger partial charge < -0.3 is 5.32 Å². The molecule has 3 aromatic rings. The Morgan fingerprint density at radius 2 is 2.04 bits per heavy atom. The SMILES string of the molecule is CC1(c2ccc(Cl)cc2Cl)NC(=O)N(Cc2csc(-c3ccsc3)n2)C1=O. The molecule has 9 heteroatoms. The van der Waals surface area contributed by atoms with E-state index in [1.807, 2.05) is 22.2 Å². The highest BCUT2D eigenvalue weighted by molar-refractivity contribution is 7.14. The van der Waals surface area contributed by atoms with Crippen LogP contribution >= 0.6 is 45.9 Å². The zero-order valence-corrected chi connectivity index (χ0v) is 17.2. The molecule has 5 nitrogen and oxygen atoms in total. The Hall–Kier alpha value is -1.93. The minimum Gasteiger partial charge on any atom is -0.319 e. The van der Waals surface area contributed by atoms with Gasteiger partial charge >= 0.3 is 6.03 Å². The average Bonchev–Trinajstić information content (AvgIpc) is 3.33. The summed E-state index contributed by atoms with van der Waals surface area (Å²) in [6.45, 7) is 1.74. The lowest BCUT2D eigenvalue weighted by Crippen LogP contribution is -2.41. The fourth-order valence-electron chi connectivity index (χ4n) is 2.98. The number of nitrogens with one attached hydrogen (secondary N) is 1. The van der Waals surface area contributed by atoms with Crippen LogP contribution in [0.1, 0.15) is 18.2 Å². The van der Waals surface area contributed by atoms with Crippen molar-refractivity contribution in [3.8, 4) is 10.6 Å². The third kappa shape index (κ3) is 3.25. The van der Waals surface area contributed by atoms with Crippen molar-refractivity contribution in [2.45, 2.75) is 19.0 Å². The molecule has 3 heterocycles. The van der Waals surface area contributed by atoms with Gasteiger partial charge in [-0.3, -0.25) is 9.69 Å². The largest absolute Gasteiger partial charge is 0.325 e. The normalized spacial score (nSPS) is 19.6. The molecule has 0 aliphatic carbocycles. The lowest BCUT2D eigenvalue weighted by atomic mass is 9.92. The number of rotatable bonds is 4. The smallest absolute Gasteiger partial charge is 0.319 e. The van der Waals surface area contributed by atoms with Crippen LogP contribution in [0.4, 0.5) is 4.79 Å². The first-order valence-electron chi connectivity index (χ1n) is 7.95. The Balaban J connectivity index is 1.60. The van der Waals surface area contributed by atoms with Crippen molar-refractivity contribution in [1.29, 1.82) is 0 Å². The molecule has 0 saturated carbocycles. The summed E-state index contributed by atoms with van der Waals surface area (Å²) in [6, 6.07) is 6.37. The van der Waals surface area contributed by atoms with Crippen molar-refractivity contribution in [2.75, 3.05) is 0 Å². The van der Waals surface area contributed by atoms with E-state index in [1.54, 1.807) is 36.5 Å². The van der Waals surface area contributed by atoms with E-state index in [0.717, 1.165) is 15.5 Å². The van der Waals surface area contributed by atoms with Gasteiger partial charge in [-0.25, -0.2) is 9.78 Å². The molecule has 1 saturated heterocycles. The summed E-state index contributed by atoms with van der Waals surface area (Å²) in [6.07, 6.45) is 0. The standard InChI is InChI=1S/C18H13Cl2N3O2S2/c1-18(13-3-2-11(19)6-14(13)20)16(24)23(17(25)22-18)7-12-9-27-15(21-12)10-4-5-26-8-10/h2-6,8-9H,7H2,1H3,(H,22,25). The second kappa shape index (κ2) is 6.91. The Kier molecular flexibility index (Phi) is 4.71. The van der Waals surface area contributed by atoms with E-state index in [-0.39, 0.29) is 12.5 Å². The molecular formula is C18H13Cl2N3O2S2. The van der Waals surface area contributed by atoms with Gasteiger partial charge in [0.05, 0.1) is 12.2 Å². The van der Waals surface area contributed by atoms with Crippen LogP contribution in [0.25, 0.3) is 10.6 Å². The first kappa shape index (κ1) is 18.4. The monoisotopic (exact) mass is 437 g/mol. The van der Waals surface area contributed by atoms with Gasteiger partial charge in [0.15, 0.2) is 0 Å². The summed E-state index contributed by atoms with van der Waals surface area (Å²) in [5.41, 5.74) is 0.958. The number of benzene rings is 1. The van der Waals surface area contributed by atoms with Gasteiger partial charge in [-0.1, -0.05) is 29.3 Å². The third-order valence-electron chi connectivity index (χ3n) is 4.38. The molecule has 0 radical (unpaired) electrons. The van der Waals surface area contributed by atoms with Gasteiger partial charge in [-0.15, -0.1) is 11.3 Å². The van der Waals surface area contributed by atoms with Crippen LogP contribution in [0.15, 0.2) is 40.4 Å². The average molecular weight is 438 g/mol. The Bertz CT molecular complexity index is 1040. The summed E-state index contributed by atoms with van der Waals surface area (Å²) >= 11 is 15.3. The predicted molar refractivity (Wildman–Crippen MR) is 108 cm³/mol. The minimum atomic E-state index is -1.25. The maximum Gasteiger partial charge on any atom is 0.325 e. The first-order chi connectivity index (χ1) is 12.9. The molecule has 1 aliphatic rings. The van der Waals surface area contributed by atoms with Crippen molar-refractivity contribution in [2.24, 2.45) is 0 Å². The van der Waals surface area contributed by atoms with Crippen molar-refractivity contribution < 1.29 is 9.59 Å². The first-order valence-corrected chi connectivity index (χ1v) is 10.5. The number of carbonyl (C=O) groups is 2. The number of imide groups is 1. The second-order valence-corrected chi connectivity index (χ2v) is 8.71. The molecule has 0 spiro atoms. The van der Waals surface area contributed by atoms with Gasteiger partial charge in [0.1, 0.15) is 10.5 Å². The maximum absolute atomic E-state index is 13.0. The number of thiophene rings is 1. The number of amides is 3. The van der Waals surface area contributed by atoms with Crippen LogP contribution in [0.5, 0.6) is 0 Å². The molecule has 1 atom stereocenters. The third-order valence-corrected chi connectivity index (χ3v) is 6.56. The van der Waals surface area contributed by atoms with E-state index in [4.69, 9.17) is 23.2 Å². The van der Waals surface area contributed by atoms with Crippen LogP contribution in [0, 0.1) is 0 Å². The van der Waals surface area contributed by atoms with E-state index in [2.05, 4.69) is 10.3 Å². The number of hydrogen-bond donors (Lipinski definition) is 1. The van der Waals surface area contributed by atoms with Crippen molar-refractivity contribution in [1.82, 2.24) is 15.2 Å². The molecule has 0 bridgehead atoms. The molecule has 2 aromatic heterocycles. The number of halogens is 2. The van der Waals surface area contributed by atoms with E-state index < -0.39 is 11.6 Å². The molecule has 3 amide bonds. The lowest BCUT2D eigenvalue weighted by Gasteiger charge is -2.23. The summed E-state index contributed by atoms with van der Waals surface area (Å²) in [5.74, 6) is -0.373. The Labute approximate surface area is 173 Å². The number of aromatic nitrogens is 1.